The largest absolute Gasteiger partial charge is 0.388 e. The van der Waals surface area contributed by atoms with E-state index in [4.69, 9.17) is 0 Å². The van der Waals surface area contributed by atoms with Gasteiger partial charge in [0.1, 0.15) is 0 Å². The predicted molar refractivity (Wildman–Crippen MR) is 46.8 cm³/mol. The van der Waals surface area contributed by atoms with E-state index in [9.17, 15) is 0 Å². The third kappa shape index (κ3) is 3.96. The van der Waals surface area contributed by atoms with Crippen LogP contribution in [0.2, 0.25) is 0 Å². The minimum Gasteiger partial charge on any atom is -0.388 e. The summed E-state index contributed by atoms with van der Waals surface area (Å²) in [5, 5.41) is 3.06. The highest BCUT2D eigenvalue weighted by Crippen LogP contribution is 1.90. The van der Waals surface area contributed by atoms with E-state index in [-0.39, 0.29) is 0 Å². The maximum absolute atomic E-state index is 3.06. The summed E-state index contributed by atoms with van der Waals surface area (Å²) in [4.78, 5) is 0. The molecule has 0 aromatic carbocycles. The van der Waals surface area contributed by atoms with Gasteiger partial charge in [0.25, 0.3) is 0 Å². The first kappa shape index (κ1) is 9.02. The van der Waals surface area contributed by atoms with Crippen LogP contribution in [0.5, 0.6) is 0 Å². The number of hydrogen-bond acceptors (Lipinski definition) is 1. The van der Waals surface area contributed by atoms with Crippen LogP contribution in [0, 0.1) is 0 Å². The molecule has 0 aliphatic carbocycles. The zero-order valence-electron chi connectivity index (χ0n) is 6.89. The monoisotopic (exact) mass is 137 g/mol. The number of nitrogens with one attached hydrogen (secondary N) is 1. The van der Waals surface area contributed by atoms with Crippen molar-refractivity contribution in [3.8, 4) is 0 Å². The third-order valence-electron chi connectivity index (χ3n) is 1.10. The number of rotatable bonds is 3. The molecular formula is C9H15N. The average molecular weight is 137 g/mol. The first-order valence-corrected chi connectivity index (χ1v) is 3.48. The van der Waals surface area contributed by atoms with Crippen molar-refractivity contribution >= 4 is 0 Å². The highest BCUT2D eigenvalue weighted by atomic mass is 14.8. The molecule has 0 aromatic heterocycles. The molecule has 0 fully saturated rings. The van der Waals surface area contributed by atoms with E-state index in [1.807, 2.05) is 51.3 Å². The van der Waals surface area contributed by atoms with Gasteiger partial charge in [-0.15, -0.1) is 0 Å². The standard InChI is InChI=1S/C9H15N/c1-4-6-8-9(10-3)7-5-2/h4-8,10H,1-3H3/b6-4+,7-5-,9-8+. The third-order valence-corrected chi connectivity index (χ3v) is 1.10. The summed E-state index contributed by atoms with van der Waals surface area (Å²) < 4.78 is 0. The summed E-state index contributed by atoms with van der Waals surface area (Å²) in [6, 6.07) is 0. The molecule has 0 bridgehead atoms. The van der Waals surface area contributed by atoms with E-state index >= 15 is 0 Å². The molecule has 0 rings (SSSR count). The van der Waals surface area contributed by atoms with Gasteiger partial charge in [0, 0.05) is 12.7 Å². The lowest BCUT2D eigenvalue weighted by atomic mass is 10.3. The smallest absolute Gasteiger partial charge is 0.0334 e. The van der Waals surface area contributed by atoms with Crippen molar-refractivity contribution in [1.29, 1.82) is 0 Å². The molecule has 0 unspecified atom stereocenters. The van der Waals surface area contributed by atoms with Gasteiger partial charge in [0.2, 0.25) is 0 Å². The zero-order chi connectivity index (χ0) is 7.82. The summed E-state index contributed by atoms with van der Waals surface area (Å²) in [5.74, 6) is 0. The minimum atomic E-state index is 1.13. The van der Waals surface area contributed by atoms with Crippen LogP contribution >= 0.6 is 0 Å². The average Bonchev–Trinajstić information content (AvgIpc) is 1.98. The van der Waals surface area contributed by atoms with Crippen molar-refractivity contribution in [2.75, 3.05) is 7.05 Å². The second-order valence-electron chi connectivity index (χ2n) is 1.90. The highest BCUT2D eigenvalue weighted by molar-refractivity contribution is 5.20. The van der Waals surface area contributed by atoms with Crippen molar-refractivity contribution in [1.82, 2.24) is 5.32 Å². The van der Waals surface area contributed by atoms with Crippen LogP contribution in [-0.2, 0) is 0 Å². The van der Waals surface area contributed by atoms with Crippen LogP contribution in [-0.4, -0.2) is 7.05 Å². The normalized spacial score (nSPS) is 13.3. The van der Waals surface area contributed by atoms with Gasteiger partial charge < -0.3 is 5.32 Å². The first-order chi connectivity index (χ1) is 4.85. The molecule has 1 nitrogen and oxygen atoms in total. The maximum Gasteiger partial charge on any atom is 0.0334 e. The van der Waals surface area contributed by atoms with E-state index in [1.165, 1.54) is 0 Å². The van der Waals surface area contributed by atoms with Gasteiger partial charge in [-0.05, 0) is 26.0 Å². The summed E-state index contributed by atoms with van der Waals surface area (Å²) in [6.45, 7) is 4.00. The van der Waals surface area contributed by atoms with Gasteiger partial charge in [-0.25, -0.2) is 0 Å². The van der Waals surface area contributed by atoms with E-state index < -0.39 is 0 Å². The van der Waals surface area contributed by atoms with Crippen LogP contribution in [0.25, 0.3) is 0 Å². The van der Waals surface area contributed by atoms with Crippen LogP contribution in [0.4, 0.5) is 0 Å². The van der Waals surface area contributed by atoms with Gasteiger partial charge in [-0.2, -0.15) is 0 Å². The predicted octanol–water partition coefficient (Wildman–Crippen LogP) is 2.24. The Labute approximate surface area is 63.1 Å². The Balaban J connectivity index is 4.04. The van der Waals surface area contributed by atoms with Crippen LogP contribution < -0.4 is 5.32 Å². The summed E-state index contributed by atoms with van der Waals surface area (Å²) in [5.41, 5.74) is 1.13. The molecule has 0 aliphatic rings. The van der Waals surface area contributed by atoms with Crippen LogP contribution in [0.15, 0.2) is 36.1 Å². The van der Waals surface area contributed by atoms with Gasteiger partial charge in [-0.3, -0.25) is 0 Å². The molecule has 1 heteroatoms. The molecule has 56 valence electrons. The van der Waals surface area contributed by atoms with Gasteiger partial charge in [-0.1, -0.05) is 18.2 Å². The molecule has 0 atom stereocenters. The fourth-order valence-electron chi connectivity index (χ4n) is 0.602. The van der Waals surface area contributed by atoms with Gasteiger partial charge in [0.15, 0.2) is 0 Å². The fourth-order valence-corrected chi connectivity index (χ4v) is 0.602. The highest BCUT2D eigenvalue weighted by Gasteiger charge is 1.79. The Bertz CT molecular complexity index is 152. The van der Waals surface area contributed by atoms with Crippen LogP contribution in [0.3, 0.4) is 0 Å². The lowest BCUT2D eigenvalue weighted by molar-refractivity contribution is 1.03. The number of allylic oxidation sites excluding steroid dienone is 5. The lowest BCUT2D eigenvalue weighted by Gasteiger charge is -1.96. The summed E-state index contributed by atoms with van der Waals surface area (Å²) in [6.07, 6.45) is 10.1. The van der Waals surface area contributed by atoms with E-state index in [1.54, 1.807) is 0 Å². The Morgan fingerprint density at radius 3 is 2.30 bits per heavy atom. The lowest BCUT2D eigenvalue weighted by Crippen LogP contribution is -2.01. The summed E-state index contributed by atoms with van der Waals surface area (Å²) >= 11 is 0. The molecule has 0 aliphatic heterocycles. The molecule has 0 saturated carbocycles. The quantitative estimate of drug-likeness (QED) is 0.588. The van der Waals surface area contributed by atoms with Crippen molar-refractivity contribution in [2.45, 2.75) is 13.8 Å². The minimum absolute atomic E-state index is 1.13. The Hall–Kier alpha value is -0.980. The van der Waals surface area contributed by atoms with Crippen molar-refractivity contribution in [3.05, 3.63) is 36.1 Å². The second-order valence-corrected chi connectivity index (χ2v) is 1.90. The van der Waals surface area contributed by atoms with Crippen molar-refractivity contribution in [3.63, 3.8) is 0 Å². The van der Waals surface area contributed by atoms with Crippen LogP contribution in [0.1, 0.15) is 13.8 Å². The SMILES string of the molecule is C\C=C/C(=C\C=C\C)NC. The van der Waals surface area contributed by atoms with Gasteiger partial charge >= 0.3 is 0 Å². The fraction of sp³-hybridized carbons (Fsp3) is 0.333. The van der Waals surface area contributed by atoms with E-state index in [0.29, 0.717) is 0 Å². The molecule has 0 aromatic rings. The molecule has 0 amide bonds. The molecule has 0 radical (unpaired) electrons. The second kappa shape index (κ2) is 6.14. The van der Waals surface area contributed by atoms with Crippen molar-refractivity contribution < 1.29 is 0 Å². The first-order valence-electron chi connectivity index (χ1n) is 3.48. The Morgan fingerprint density at radius 2 is 1.90 bits per heavy atom. The molecule has 1 N–H and O–H groups in total. The Morgan fingerprint density at radius 1 is 1.20 bits per heavy atom. The maximum atomic E-state index is 3.06. The summed E-state index contributed by atoms with van der Waals surface area (Å²) in [7, 11) is 1.91. The number of hydrogen-bond donors (Lipinski definition) is 1. The molecule has 0 heterocycles. The Kier molecular flexibility index (Phi) is 5.54. The van der Waals surface area contributed by atoms with E-state index in [2.05, 4.69) is 5.32 Å². The number of likely N-dealkylation sites (N-methyl/N-ethyl adjacent to an activating group) is 1. The molecule has 0 spiro atoms. The zero-order valence-corrected chi connectivity index (χ0v) is 6.89. The topological polar surface area (TPSA) is 12.0 Å². The molecule has 10 heavy (non-hydrogen) atoms. The van der Waals surface area contributed by atoms with Crippen molar-refractivity contribution in [2.24, 2.45) is 0 Å². The molecular weight excluding hydrogens is 122 g/mol. The van der Waals surface area contributed by atoms with Gasteiger partial charge in [0.05, 0.1) is 0 Å². The van der Waals surface area contributed by atoms with E-state index in [0.717, 1.165) is 5.70 Å². The molecule has 0 saturated heterocycles.